The van der Waals surface area contributed by atoms with Gasteiger partial charge in [0.05, 0.1) is 0 Å². The van der Waals surface area contributed by atoms with Crippen molar-refractivity contribution in [1.29, 1.82) is 0 Å². The fourth-order valence-electron chi connectivity index (χ4n) is 9.37. The third-order valence-electron chi connectivity index (χ3n) is 13.6. The van der Waals surface area contributed by atoms with Gasteiger partial charge in [-0.3, -0.25) is 15.0 Å². The minimum Gasteiger partial charge on any atom is -0.870 e. The first-order valence-corrected chi connectivity index (χ1v) is 26.6. The van der Waals surface area contributed by atoms with E-state index in [1.807, 2.05) is 18.6 Å². The van der Waals surface area contributed by atoms with E-state index in [-0.39, 0.29) is 130 Å². The standard InChI is InChI=1S/C35H45N6.5C4H8O.6Li.3H2O/c1-35(32-20-17-29(39-32)23-36-26-11-5-2-6-12-26,33-21-18-30(40-33)24-37-27-13-7-3-8-14-27)34-22-19-31(41-34)25-38-28-15-9-4-10-16-28;5*1-2-4-5-3-1;;;;;;;;;/h17-28H,2-16H2,1H3;5*1-4H2;;;;;;;3*1H2/q-3;;;;;;6*+1;;;/p-3. The zero-order valence-electron chi connectivity index (χ0n) is 48.2. The van der Waals surface area contributed by atoms with Crippen molar-refractivity contribution in [2.75, 3.05) is 66.1 Å². The van der Waals surface area contributed by atoms with Gasteiger partial charge in [0.1, 0.15) is 0 Å². The Hall–Kier alpha value is 0.114. The number of rotatable bonds is 9. The normalized spacial score (nSPS) is 20.0. The smallest absolute Gasteiger partial charge is 0.870 e. The molecule has 5 saturated heterocycles. The zero-order valence-corrected chi connectivity index (χ0v) is 48.2. The number of aliphatic imine (C=N–C) groups is 3. The molecule has 392 valence electrons. The number of nitrogens with zero attached hydrogens (tertiary/aromatic N) is 6. The molecule has 0 aromatic carbocycles. The Labute approximate surface area is 524 Å². The Morgan fingerprint density at radius 2 is 0.533 bits per heavy atom. The second kappa shape index (κ2) is 51.0. The third kappa shape index (κ3) is 32.4. The molecular formula is C55H88Li6N6O8. The monoisotopic (exact) mass is 1000 g/mol. The topological polar surface area (TPSA) is 216 Å². The van der Waals surface area contributed by atoms with E-state index in [4.69, 9.17) is 53.6 Å². The molecule has 3 aromatic heterocycles. The molecule has 8 fully saturated rings. The summed E-state index contributed by atoms with van der Waals surface area (Å²) in [7, 11) is 0. The van der Waals surface area contributed by atoms with E-state index in [1.165, 1.54) is 161 Å². The van der Waals surface area contributed by atoms with Crippen LogP contribution in [0.2, 0.25) is 0 Å². The van der Waals surface area contributed by atoms with Gasteiger partial charge in [-0.05, 0) is 108 Å². The first-order valence-electron chi connectivity index (χ1n) is 26.6. The third-order valence-corrected chi connectivity index (χ3v) is 13.6. The van der Waals surface area contributed by atoms with Crippen molar-refractivity contribution >= 4 is 18.6 Å². The second-order valence-corrected chi connectivity index (χ2v) is 19.2. The molecule has 0 spiro atoms. The Morgan fingerprint density at radius 3 is 0.707 bits per heavy atom. The van der Waals surface area contributed by atoms with Gasteiger partial charge in [0, 0.05) is 103 Å². The zero-order chi connectivity index (χ0) is 45.6. The predicted octanol–water partition coefficient (Wildman–Crippen LogP) is -7.36. The van der Waals surface area contributed by atoms with Gasteiger partial charge in [0.2, 0.25) is 0 Å². The summed E-state index contributed by atoms with van der Waals surface area (Å²) < 4.78 is 24.7. The summed E-state index contributed by atoms with van der Waals surface area (Å²) in [5.41, 5.74) is 4.99. The van der Waals surface area contributed by atoms with Crippen LogP contribution in [0.25, 0.3) is 0 Å². The fourth-order valence-corrected chi connectivity index (χ4v) is 9.37. The van der Waals surface area contributed by atoms with Crippen LogP contribution >= 0.6 is 0 Å². The molecular weight excluding hydrogens is 914 g/mol. The summed E-state index contributed by atoms with van der Waals surface area (Å²) in [6.45, 7) is 12.2. The quantitative estimate of drug-likeness (QED) is 0.145. The average Bonchev–Trinajstić information content (AvgIpc) is 4.25. The van der Waals surface area contributed by atoms with Gasteiger partial charge in [-0.1, -0.05) is 101 Å². The van der Waals surface area contributed by atoms with E-state index in [0.717, 1.165) is 100 Å². The van der Waals surface area contributed by atoms with Crippen molar-refractivity contribution in [1.82, 2.24) is 15.0 Å². The van der Waals surface area contributed by atoms with Crippen molar-refractivity contribution < 1.29 is 153 Å². The number of aromatic nitrogens is 3. The summed E-state index contributed by atoms with van der Waals surface area (Å²) in [5, 5.41) is 0. The number of hydrogen-bond acceptors (Lipinski definition) is 11. The van der Waals surface area contributed by atoms with Gasteiger partial charge < -0.3 is 55.1 Å². The molecule has 0 atom stereocenters. The molecule has 11 rings (SSSR count). The van der Waals surface area contributed by atoms with E-state index in [9.17, 15) is 0 Å². The van der Waals surface area contributed by atoms with Crippen LogP contribution < -0.4 is 128 Å². The van der Waals surface area contributed by atoms with Crippen LogP contribution in [0.4, 0.5) is 0 Å². The molecule has 0 bridgehead atoms. The molecule has 3 N–H and O–H groups in total. The molecule has 75 heavy (non-hydrogen) atoms. The summed E-state index contributed by atoms with van der Waals surface area (Å²) in [4.78, 5) is 29.9. The van der Waals surface area contributed by atoms with E-state index in [0.29, 0.717) is 18.1 Å². The number of ether oxygens (including phenoxy) is 5. The molecule has 8 heterocycles. The van der Waals surface area contributed by atoms with Crippen LogP contribution in [-0.4, -0.2) is 119 Å². The molecule has 3 aliphatic carbocycles. The van der Waals surface area contributed by atoms with E-state index in [1.54, 1.807) is 0 Å². The Kier molecular flexibility index (Phi) is 55.5. The summed E-state index contributed by atoms with van der Waals surface area (Å²) in [6, 6.07) is 13.9. The molecule has 3 aromatic rings. The minimum absolute atomic E-state index is 0. The van der Waals surface area contributed by atoms with Gasteiger partial charge in [-0.15, -0.1) is 34.2 Å². The Bertz CT molecular complexity index is 1530. The van der Waals surface area contributed by atoms with Gasteiger partial charge in [-0.2, -0.15) is 0 Å². The fraction of sp³-hybridized carbons (Fsp3) is 0.727. The Balaban J connectivity index is -0.000000607. The van der Waals surface area contributed by atoms with Gasteiger partial charge in [-0.25, -0.2) is 0 Å². The molecule has 20 heteroatoms. The predicted molar refractivity (Wildman–Crippen MR) is 274 cm³/mol. The maximum Gasteiger partial charge on any atom is 1.00 e. The minimum atomic E-state index is -0.592. The van der Waals surface area contributed by atoms with Crippen LogP contribution in [0, 0.1) is 0 Å². The summed E-state index contributed by atoms with van der Waals surface area (Å²) in [5.74, 6) is 0. The molecule has 3 saturated carbocycles. The maximum atomic E-state index is 5.08. The molecule has 0 amide bonds. The van der Waals surface area contributed by atoms with Crippen LogP contribution in [-0.2, 0) is 29.1 Å². The second-order valence-electron chi connectivity index (χ2n) is 19.2. The van der Waals surface area contributed by atoms with E-state index < -0.39 is 5.41 Å². The van der Waals surface area contributed by atoms with Crippen molar-refractivity contribution in [2.45, 2.75) is 191 Å². The molecule has 0 unspecified atom stereocenters. The maximum absolute atomic E-state index is 5.08. The van der Waals surface area contributed by atoms with E-state index >= 15 is 0 Å². The largest absolute Gasteiger partial charge is 1.00 e. The molecule has 5 aliphatic heterocycles. The number of hydrogen-bond donors (Lipinski definition) is 0. The van der Waals surface area contributed by atoms with Gasteiger partial charge in [0.15, 0.2) is 0 Å². The Morgan fingerprint density at radius 1 is 0.333 bits per heavy atom. The average molecular weight is 1000 g/mol. The first-order chi connectivity index (χ1) is 32.7. The summed E-state index contributed by atoms with van der Waals surface area (Å²) >= 11 is 0. The summed E-state index contributed by atoms with van der Waals surface area (Å²) in [6.07, 6.45) is 37.5. The van der Waals surface area contributed by atoms with Crippen LogP contribution in [0.1, 0.15) is 202 Å². The molecule has 0 radical (unpaired) electrons. The van der Waals surface area contributed by atoms with Crippen molar-refractivity contribution in [3.8, 4) is 0 Å². The van der Waals surface area contributed by atoms with Crippen molar-refractivity contribution in [2.24, 2.45) is 15.0 Å². The molecule has 8 aliphatic rings. The van der Waals surface area contributed by atoms with Gasteiger partial charge >= 0.3 is 113 Å². The van der Waals surface area contributed by atoms with Crippen molar-refractivity contribution in [3.05, 3.63) is 70.6 Å². The van der Waals surface area contributed by atoms with E-state index in [2.05, 4.69) is 43.3 Å². The van der Waals surface area contributed by atoms with Crippen LogP contribution in [0.5, 0.6) is 0 Å². The SMILES string of the molecule is C1CCOC1.C1CCOC1.C1CCOC1.C1CCOC1.C1CCOC1.CC(c1ccc(C=NC2CCCCC2)[n-]1)(c1ccc(C=NC2CCCCC2)[n-]1)c1ccc(C=NC2CCCCC2)[n-]1.[Li+].[Li+].[Li+].[Li+].[Li+].[Li+].[OH-].[OH-].[OH-]. The van der Waals surface area contributed by atoms with Crippen LogP contribution in [0.3, 0.4) is 0 Å². The first kappa shape index (κ1) is 81.6. The van der Waals surface area contributed by atoms with Crippen LogP contribution in [0.15, 0.2) is 51.4 Å². The van der Waals surface area contributed by atoms with Gasteiger partial charge in [0.25, 0.3) is 0 Å². The van der Waals surface area contributed by atoms with Crippen molar-refractivity contribution in [3.63, 3.8) is 0 Å². The molecule has 14 nitrogen and oxygen atoms in total.